The predicted molar refractivity (Wildman–Crippen MR) is 87.9 cm³/mol. The van der Waals surface area contributed by atoms with Crippen LogP contribution in [0, 0.1) is 11.3 Å². The number of hydrogen-bond acceptors (Lipinski definition) is 2. The van der Waals surface area contributed by atoms with Gasteiger partial charge in [-0.2, -0.15) is 0 Å². The lowest BCUT2D eigenvalue weighted by molar-refractivity contribution is 0.106. The molecular formula is C18H36N2. The monoisotopic (exact) mass is 280 g/mol. The van der Waals surface area contributed by atoms with Crippen LogP contribution in [0.1, 0.15) is 77.6 Å². The number of piperidine rings is 1. The fraction of sp³-hybridized carbons (Fsp3) is 1.00. The molecule has 1 saturated carbocycles. The van der Waals surface area contributed by atoms with Crippen LogP contribution in [-0.4, -0.2) is 31.1 Å². The Hall–Kier alpha value is -0.0800. The van der Waals surface area contributed by atoms with Gasteiger partial charge in [-0.15, -0.1) is 0 Å². The van der Waals surface area contributed by atoms with Crippen LogP contribution in [0.4, 0.5) is 0 Å². The van der Waals surface area contributed by atoms with Crippen molar-refractivity contribution in [3.63, 3.8) is 0 Å². The highest BCUT2D eigenvalue weighted by atomic mass is 15.1. The summed E-state index contributed by atoms with van der Waals surface area (Å²) in [5.74, 6) is 0.885. The molecule has 118 valence electrons. The van der Waals surface area contributed by atoms with Crippen molar-refractivity contribution in [2.75, 3.05) is 26.2 Å². The van der Waals surface area contributed by atoms with Crippen LogP contribution in [0.15, 0.2) is 0 Å². The Bertz CT molecular complexity index is 242. The highest BCUT2D eigenvalue weighted by molar-refractivity contribution is 4.89. The van der Waals surface area contributed by atoms with Crippen LogP contribution in [-0.2, 0) is 0 Å². The van der Waals surface area contributed by atoms with Crippen molar-refractivity contribution in [1.82, 2.24) is 4.90 Å². The third kappa shape index (κ3) is 4.73. The minimum Gasteiger partial charge on any atom is -0.330 e. The van der Waals surface area contributed by atoms with E-state index in [2.05, 4.69) is 11.8 Å². The summed E-state index contributed by atoms with van der Waals surface area (Å²) in [6.45, 7) is 7.25. The molecule has 0 bridgehead atoms. The van der Waals surface area contributed by atoms with E-state index in [4.69, 9.17) is 5.73 Å². The normalized spacial score (nSPS) is 24.3. The SMILES string of the molecule is CCCC(CCN)CCCN1CCC2(CCCC2)CC1. The van der Waals surface area contributed by atoms with Gasteiger partial charge in [0.05, 0.1) is 0 Å². The van der Waals surface area contributed by atoms with Gasteiger partial charge in [0.1, 0.15) is 0 Å². The summed E-state index contributed by atoms with van der Waals surface area (Å²) >= 11 is 0. The maximum atomic E-state index is 5.73. The summed E-state index contributed by atoms with van der Waals surface area (Å²) in [7, 11) is 0. The van der Waals surface area contributed by atoms with Gasteiger partial charge in [0.15, 0.2) is 0 Å². The average Bonchev–Trinajstić information content (AvgIpc) is 2.90. The summed E-state index contributed by atoms with van der Waals surface area (Å²) in [6, 6.07) is 0. The highest BCUT2D eigenvalue weighted by Crippen LogP contribution is 2.46. The third-order valence-electron chi connectivity index (χ3n) is 5.94. The molecule has 1 aliphatic heterocycles. The lowest BCUT2D eigenvalue weighted by atomic mass is 9.77. The van der Waals surface area contributed by atoms with Crippen molar-refractivity contribution < 1.29 is 0 Å². The van der Waals surface area contributed by atoms with Crippen molar-refractivity contribution in [2.45, 2.75) is 77.6 Å². The summed E-state index contributed by atoms with van der Waals surface area (Å²) in [5.41, 5.74) is 6.51. The Balaban J connectivity index is 1.60. The van der Waals surface area contributed by atoms with Crippen LogP contribution in [0.2, 0.25) is 0 Å². The quantitative estimate of drug-likeness (QED) is 0.722. The zero-order valence-electron chi connectivity index (χ0n) is 13.7. The second kappa shape index (κ2) is 8.38. The molecule has 2 nitrogen and oxygen atoms in total. The predicted octanol–water partition coefficient (Wildman–Crippen LogP) is 4.19. The molecule has 2 aliphatic rings. The fourth-order valence-electron chi connectivity index (χ4n) is 4.56. The topological polar surface area (TPSA) is 29.3 Å². The molecule has 0 aromatic heterocycles. The first-order chi connectivity index (χ1) is 9.78. The number of hydrogen-bond donors (Lipinski definition) is 1. The van der Waals surface area contributed by atoms with Gasteiger partial charge in [0, 0.05) is 0 Å². The highest BCUT2D eigenvalue weighted by Gasteiger charge is 2.36. The first kappa shape index (κ1) is 16.3. The molecule has 2 fully saturated rings. The molecule has 0 amide bonds. The summed E-state index contributed by atoms with van der Waals surface area (Å²) in [5, 5.41) is 0. The van der Waals surface area contributed by atoms with E-state index >= 15 is 0 Å². The average molecular weight is 280 g/mol. The largest absolute Gasteiger partial charge is 0.330 e. The molecule has 1 heterocycles. The summed E-state index contributed by atoms with van der Waals surface area (Å²) < 4.78 is 0. The van der Waals surface area contributed by atoms with Gasteiger partial charge in [-0.3, -0.25) is 0 Å². The van der Waals surface area contributed by atoms with Crippen molar-refractivity contribution in [2.24, 2.45) is 17.1 Å². The molecule has 2 N–H and O–H groups in total. The van der Waals surface area contributed by atoms with Crippen molar-refractivity contribution in [3.8, 4) is 0 Å². The second-order valence-electron chi connectivity index (χ2n) is 7.42. The van der Waals surface area contributed by atoms with E-state index in [0.717, 1.165) is 17.9 Å². The molecule has 1 aliphatic carbocycles. The van der Waals surface area contributed by atoms with Gasteiger partial charge < -0.3 is 10.6 Å². The Morgan fingerprint density at radius 1 is 1.00 bits per heavy atom. The van der Waals surface area contributed by atoms with E-state index in [0.29, 0.717) is 0 Å². The Kier molecular flexibility index (Phi) is 6.83. The van der Waals surface area contributed by atoms with Gasteiger partial charge in [-0.05, 0) is 82.5 Å². The molecule has 0 aromatic rings. The second-order valence-corrected chi connectivity index (χ2v) is 7.42. The zero-order chi connectivity index (χ0) is 14.3. The van der Waals surface area contributed by atoms with Gasteiger partial charge >= 0.3 is 0 Å². The van der Waals surface area contributed by atoms with Crippen LogP contribution in [0.25, 0.3) is 0 Å². The van der Waals surface area contributed by atoms with Gasteiger partial charge in [0.2, 0.25) is 0 Å². The minimum atomic E-state index is 0.779. The molecule has 1 unspecified atom stereocenters. The van der Waals surface area contributed by atoms with E-state index in [1.165, 1.54) is 90.3 Å². The lowest BCUT2D eigenvalue weighted by Gasteiger charge is -2.39. The number of nitrogens with zero attached hydrogens (tertiary/aromatic N) is 1. The Labute approximate surface area is 126 Å². The molecular weight excluding hydrogens is 244 g/mol. The van der Waals surface area contributed by atoms with Crippen LogP contribution < -0.4 is 5.73 Å². The number of nitrogens with two attached hydrogens (primary N) is 1. The molecule has 1 saturated heterocycles. The van der Waals surface area contributed by atoms with Gasteiger partial charge in [-0.1, -0.05) is 32.6 Å². The Morgan fingerprint density at radius 2 is 1.70 bits per heavy atom. The number of rotatable bonds is 8. The standard InChI is InChI=1S/C18H36N2/c1-2-6-17(8-13-19)7-5-14-20-15-11-18(12-16-20)9-3-4-10-18/h17H,2-16,19H2,1H3. The fourth-order valence-corrected chi connectivity index (χ4v) is 4.56. The zero-order valence-corrected chi connectivity index (χ0v) is 13.7. The molecule has 0 radical (unpaired) electrons. The van der Waals surface area contributed by atoms with Crippen molar-refractivity contribution >= 4 is 0 Å². The molecule has 2 heteroatoms. The Morgan fingerprint density at radius 3 is 2.30 bits per heavy atom. The smallest absolute Gasteiger partial charge is 0.00134 e. The van der Waals surface area contributed by atoms with Crippen molar-refractivity contribution in [1.29, 1.82) is 0 Å². The van der Waals surface area contributed by atoms with E-state index in [1.54, 1.807) is 0 Å². The van der Waals surface area contributed by atoms with E-state index < -0.39 is 0 Å². The molecule has 1 atom stereocenters. The molecule has 20 heavy (non-hydrogen) atoms. The third-order valence-corrected chi connectivity index (χ3v) is 5.94. The van der Waals surface area contributed by atoms with Crippen LogP contribution >= 0.6 is 0 Å². The first-order valence-electron chi connectivity index (χ1n) is 9.20. The minimum absolute atomic E-state index is 0.779. The summed E-state index contributed by atoms with van der Waals surface area (Å²) in [6.07, 6.45) is 15.7. The van der Waals surface area contributed by atoms with Crippen LogP contribution in [0.3, 0.4) is 0 Å². The van der Waals surface area contributed by atoms with Crippen LogP contribution in [0.5, 0.6) is 0 Å². The van der Waals surface area contributed by atoms with Gasteiger partial charge in [-0.25, -0.2) is 0 Å². The van der Waals surface area contributed by atoms with E-state index in [9.17, 15) is 0 Å². The molecule has 0 aromatic carbocycles. The van der Waals surface area contributed by atoms with Gasteiger partial charge in [0.25, 0.3) is 0 Å². The molecule has 1 spiro atoms. The molecule has 2 rings (SSSR count). The first-order valence-corrected chi connectivity index (χ1v) is 9.20. The van der Waals surface area contributed by atoms with Crippen molar-refractivity contribution in [3.05, 3.63) is 0 Å². The van der Waals surface area contributed by atoms with E-state index in [-0.39, 0.29) is 0 Å². The van der Waals surface area contributed by atoms with E-state index in [1.807, 2.05) is 0 Å². The lowest BCUT2D eigenvalue weighted by Crippen LogP contribution is -2.39. The maximum absolute atomic E-state index is 5.73. The summed E-state index contributed by atoms with van der Waals surface area (Å²) in [4.78, 5) is 2.73. The number of likely N-dealkylation sites (tertiary alicyclic amines) is 1. The maximum Gasteiger partial charge on any atom is -0.00134 e.